The number of carbonyl (C=O) groups excluding carboxylic acids is 1. The third-order valence-corrected chi connectivity index (χ3v) is 6.48. The Morgan fingerprint density at radius 3 is 2.41 bits per heavy atom. The van der Waals surface area contributed by atoms with Crippen molar-refractivity contribution in [3.8, 4) is 0 Å². The van der Waals surface area contributed by atoms with Crippen molar-refractivity contribution in [1.82, 2.24) is 5.32 Å². The summed E-state index contributed by atoms with van der Waals surface area (Å²) in [4.78, 5) is 11.8. The maximum Gasteiger partial charge on any atom is 0.219 e. The Balaban J connectivity index is 1.91. The number of hydrogen-bond acceptors (Lipinski definition) is 3. The highest BCUT2D eigenvalue weighted by Gasteiger charge is 2.29. The molecular weight excluding hydrogens is 298 g/mol. The van der Waals surface area contributed by atoms with Crippen molar-refractivity contribution in [3.05, 3.63) is 29.8 Å². The first-order valence-corrected chi connectivity index (χ1v) is 9.68. The predicted molar refractivity (Wildman–Crippen MR) is 87.5 cm³/mol. The molecule has 1 aliphatic carbocycles. The van der Waals surface area contributed by atoms with Crippen LogP contribution in [0.2, 0.25) is 0 Å². The first kappa shape index (κ1) is 17.0. The van der Waals surface area contributed by atoms with Crippen LogP contribution in [-0.2, 0) is 21.1 Å². The lowest BCUT2D eigenvalue weighted by molar-refractivity contribution is -0.121. The summed E-state index contributed by atoms with van der Waals surface area (Å²) in [5.41, 5.74) is 1.04. The van der Waals surface area contributed by atoms with E-state index in [2.05, 4.69) is 5.32 Å². The average Bonchev–Trinajstić information content (AvgIpc) is 3.03. The molecule has 1 fully saturated rings. The van der Waals surface area contributed by atoms with Crippen LogP contribution in [-0.4, -0.2) is 26.1 Å². The second-order valence-electron chi connectivity index (χ2n) is 5.95. The minimum Gasteiger partial charge on any atom is -0.356 e. The molecule has 5 heteroatoms. The van der Waals surface area contributed by atoms with E-state index in [0.29, 0.717) is 17.9 Å². The second kappa shape index (κ2) is 7.77. The number of nitrogens with one attached hydrogen (secondary N) is 1. The van der Waals surface area contributed by atoms with Gasteiger partial charge in [0.25, 0.3) is 0 Å². The molecule has 0 spiro atoms. The predicted octanol–water partition coefficient (Wildman–Crippen LogP) is 2.86. The number of sulfone groups is 1. The van der Waals surface area contributed by atoms with Gasteiger partial charge in [-0.05, 0) is 43.4 Å². The van der Waals surface area contributed by atoms with Gasteiger partial charge >= 0.3 is 0 Å². The van der Waals surface area contributed by atoms with Crippen LogP contribution in [0.3, 0.4) is 0 Å². The van der Waals surface area contributed by atoms with Gasteiger partial charge in [0.1, 0.15) is 0 Å². The minimum atomic E-state index is -3.17. The van der Waals surface area contributed by atoms with Gasteiger partial charge in [0.15, 0.2) is 9.84 Å². The molecule has 2 rings (SSSR count). The van der Waals surface area contributed by atoms with Crippen molar-refractivity contribution >= 4 is 15.7 Å². The summed E-state index contributed by atoms with van der Waals surface area (Å²) in [7, 11) is -3.17. The average molecular weight is 323 g/mol. The Morgan fingerprint density at radius 1 is 1.18 bits per heavy atom. The van der Waals surface area contributed by atoms with Gasteiger partial charge < -0.3 is 5.32 Å². The van der Waals surface area contributed by atoms with E-state index in [1.807, 2.05) is 19.1 Å². The molecule has 1 aromatic carbocycles. The Morgan fingerprint density at radius 2 is 1.82 bits per heavy atom. The molecule has 0 unspecified atom stereocenters. The molecule has 1 N–H and O–H groups in total. The van der Waals surface area contributed by atoms with Gasteiger partial charge in [-0.2, -0.15) is 0 Å². The first-order chi connectivity index (χ1) is 10.5. The standard InChI is InChI=1S/C17H25NO3S/c1-2-5-17(19)18-13-12-14-8-10-16(11-9-14)22(20,21)15-6-3-4-7-15/h8-11,15H,2-7,12-13H2,1H3,(H,18,19). The highest BCUT2D eigenvalue weighted by Crippen LogP contribution is 2.29. The highest BCUT2D eigenvalue weighted by molar-refractivity contribution is 7.92. The molecule has 0 saturated heterocycles. The highest BCUT2D eigenvalue weighted by atomic mass is 32.2. The summed E-state index contributed by atoms with van der Waals surface area (Å²) in [5, 5.41) is 2.66. The number of carbonyl (C=O) groups is 1. The van der Waals surface area contributed by atoms with Crippen molar-refractivity contribution in [2.24, 2.45) is 0 Å². The van der Waals surface area contributed by atoms with Crippen molar-refractivity contribution in [3.63, 3.8) is 0 Å². The zero-order chi connectivity index (χ0) is 16.0. The summed E-state index contributed by atoms with van der Waals surface area (Å²) in [6, 6.07) is 7.12. The van der Waals surface area contributed by atoms with Gasteiger partial charge in [-0.3, -0.25) is 4.79 Å². The monoisotopic (exact) mass is 323 g/mol. The Kier molecular flexibility index (Phi) is 6.00. The van der Waals surface area contributed by atoms with Gasteiger partial charge in [-0.25, -0.2) is 8.42 Å². The van der Waals surface area contributed by atoms with Crippen LogP contribution in [0.15, 0.2) is 29.2 Å². The molecule has 0 radical (unpaired) electrons. The topological polar surface area (TPSA) is 63.2 Å². The smallest absolute Gasteiger partial charge is 0.219 e. The third kappa shape index (κ3) is 4.32. The normalized spacial score (nSPS) is 15.9. The molecule has 0 aliphatic heterocycles. The van der Waals surface area contributed by atoms with E-state index in [4.69, 9.17) is 0 Å². The van der Waals surface area contributed by atoms with Crippen LogP contribution in [0.5, 0.6) is 0 Å². The number of hydrogen-bond donors (Lipinski definition) is 1. The van der Waals surface area contributed by atoms with E-state index in [0.717, 1.165) is 44.1 Å². The Hall–Kier alpha value is -1.36. The Bertz CT molecular complexity index is 587. The molecule has 122 valence electrons. The molecule has 4 nitrogen and oxygen atoms in total. The molecular formula is C17H25NO3S. The van der Waals surface area contributed by atoms with Crippen molar-refractivity contribution in [2.45, 2.75) is 62.0 Å². The van der Waals surface area contributed by atoms with Gasteiger partial charge in [0, 0.05) is 13.0 Å². The molecule has 0 atom stereocenters. The minimum absolute atomic E-state index is 0.0722. The maximum absolute atomic E-state index is 12.5. The van der Waals surface area contributed by atoms with Gasteiger partial charge in [0.2, 0.25) is 5.91 Å². The van der Waals surface area contributed by atoms with Crippen LogP contribution in [0, 0.1) is 0 Å². The molecule has 22 heavy (non-hydrogen) atoms. The summed E-state index contributed by atoms with van der Waals surface area (Å²) < 4.78 is 24.9. The van der Waals surface area contributed by atoms with E-state index in [9.17, 15) is 13.2 Å². The summed E-state index contributed by atoms with van der Waals surface area (Å²) >= 11 is 0. The molecule has 0 bridgehead atoms. The largest absolute Gasteiger partial charge is 0.356 e. The zero-order valence-electron chi connectivity index (χ0n) is 13.2. The van der Waals surface area contributed by atoms with Crippen molar-refractivity contribution in [1.29, 1.82) is 0 Å². The number of rotatable bonds is 7. The lowest BCUT2D eigenvalue weighted by Crippen LogP contribution is -2.25. The van der Waals surface area contributed by atoms with Crippen molar-refractivity contribution in [2.75, 3.05) is 6.54 Å². The van der Waals surface area contributed by atoms with Gasteiger partial charge in [-0.15, -0.1) is 0 Å². The molecule has 0 aromatic heterocycles. The van der Waals surface area contributed by atoms with Crippen LogP contribution in [0.1, 0.15) is 51.0 Å². The quantitative estimate of drug-likeness (QED) is 0.839. The number of benzene rings is 1. The van der Waals surface area contributed by atoms with Gasteiger partial charge in [-0.1, -0.05) is 31.9 Å². The van der Waals surface area contributed by atoms with E-state index < -0.39 is 9.84 Å². The SMILES string of the molecule is CCCC(=O)NCCc1ccc(S(=O)(=O)C2CCCC2)cc1. The van der Waals surface area contributed by atoms with Crippen LogP contribution in [0.4, 0.5) is 0 Å². The second-order valence-corrected chi connectivity index (χ2v) is 8.17. The first-order valence-electron chi connectivity index (χ1n) is 8.13. The van der Waals surface area contributed by atoms with Crippen LogP contribution < -0.4 is 5.32 Å². The van der Waals surface area contributed by atoms with Gasteiger partial charge in [0.05, 0.1) is 10.1 Å². The fourth-order valence-corrected chi connectivity index (χ4v) is 4.75. The molecule has 1 saturated carbocycles. The fourth-order valence-electron chi connectivity index (χ4n) is 2.90. The summed E-state index contributed by atoms with van der Waals surface area (Å²) in [6.45, 7) is 2.57. The van der Waals surface area contributed by atoms with E-state index >= 15 is 0 Å². The molecule has 1 amide bonds. The third-order valence-electron chi connectivity index (χ3n) is 4.21. The molecule has 1 aliphatic rings. The van der Waals surface area contributed by atoms with Crippen LogP contribution in [0.25, 0.3) is 0 Å². The van der Waals surface area contributed by atoms with E-state index in [1.165, 1.54) is 0 Å². The van der Waals surface area contributed by atoms with E-state index in [-0.39, 0.29) is 11.2 Å². The zero-order valence-corrected chi connectivity index (χ0v) is 14.0. The van der Waals surface area contributed by atoms with E-state index in [1.54, 1.807) is 12.1 Å². The summed E-state index contributed by atoms with van der Waals surface area (Å²) in [5.74, 6) is 0.0722. The Labute approximate surface area is 133 Å². The van der Waals surface area contributed by atoms with Crippen LogP contribution >= 0.6 is 0 Å². The number of amides is 1. The summed E-state index contributed by atoms with van der Waals surface area (Å²) in [6.07, 6.45) is 5.72. The molecule has 1 aromatic rings. The molecule has 0 heterocycles. The fraction of sp³-hybridized carbons (Fsp3) is 0.588. The lowest BCUT2D eigenvalue weighted by Gasteiger charge is -2.11. The van der Waals surface area contributed by atoms with Crippen molar-refractivity contribution < 1.29 is 13.2 Å². The lowest BCUT2D eigenvalue weighted by atomic mass is 10.1. The maximum atomic E-state index is 12.5.